The summed E-state index contributed by atoms with van der Waals surface area (Å²) in [4.78, 5) is 31.0. The van der Waals surface area contributed by atoms with Gasteiger partial charge >= 0.3 is 0 Å². The third-order valence-corrected chi connectivity index (χ3v) is 3.20. The molecule has 6 nitrogen and oxygen atoms in total. The zero-order chi connectivity index (χ0) is 13.8. The summed E-state index contributed by atoms with van der Waals surface area (Å²) in [6, 6.07) is 3.29. The molecule has 1 aromatic rings. The van der Waals surface area contributed by atoms with Gasteiger partial charge < -0.3 is 14.5 Å². The molecule has 1 aliphatic heterocycles. The molecule has 0 bridgehead atoms. The van der Waals surface area contributed by atoms with Crippen molar-refractivity contribution >= 4 is 11.8 Å². The highest BCUT2D eigenvalue weighted by molar-refractivity contribution is 5.94. The Morgan fingerprint density at radius 3 is 2.42 bits per heavy atom. The number of aromatic nitrogens is 1. The summed E-state index contributed by atoms with van der Waals surface area (Å²) in [6.07, 6.45) is 1.55. The number of rotatable bonds is 2. The first-order valence-corrected chi connectivity index (χ1v) is 6.16. The van der Waals surface area contributed by atoms with E-state index in [9.17, 15) is 9.59 Å². The highest BCUT2D eigenvalue weighted by Crippen LogP contribution is 2.13. The van der Waals surface area contributed by atoms with Crippen molar-refractivity contribution in [3.05, 3.63) is 23.9 Å². The maximum absolute atomic E-state index is 12.3. The van der Waals surface area contributed by atoms with Gasteiger partial charge in [0, 0.05) is 50.9 Å². The summed E-state index contributed by atoms with van der Waals surface area (Å²) in [6.45, 7) is 3.84. The first-order valence-electron chi connectivity index (χ1n) is 6.16. The Hall–Kier alpha value is -2.11. The van der Waals surface area contributed by atoms with Gasteiger partial charge in [0.05, 0.1) is 7.11 Å². The van der Waals surface area contributed by atoms with Crippen LogP contribution in [0.5, 0.6) is 5.88 Å². The van der Waals surface area contributed by atoms with Crippen LogP contribution in [0, 0.1) is 0 Å². The van der Waals surface area contributed by atoms with Gasteiger partial charge in [-0.2, -0.15) is 0 Å². The van der Waals surface area contributed by atoms with Crippen molar-refractivity contribution in [1.29, 1.82) is 0 Å². The van der Waals surface area contributed by atoms with Crippen LogP contribution in [0.25, 0.3) is 0 Å². The molecule has 1 saturated heterocycles. The Bertz CT molecular complexity index is 482. The van der Waals surface area contributed by atoms with Crippen LogP contribution in [0.2, 0.25) is 0 Å². The third kappa shape index (κ3) is 3.01. The molecule has 6 heteroatoms. The molecule has 2 amide bonds. The summed E-state index contributed by atoms with van der Waals surface area (Å²) in [5.74, 6) is 0.426. The smallest absolute Gasteiger partial charge is 0.254 e. The molecule has 0 N–H and O–H groups in total. The summed E-state index contributed by atoms with van der Waals surface area (Å²) in [5.41, 5.74) is 0.558. The fraction of sp³-hybridized carbons (Fsp3) is 0.462. The predicted octanol–water partition coefficient (Wildman–Crippen LogP) is 0.394. The molecule has 1 fully saturated rings. The molecule has 102 valence electrons. The van der Waals surface area contributed by atoms with Crippen molar-refractivity contribution in [2.75, 3.05) is 33.3 Å². The van der Waals surface area contributed by atoms with Gasteiger partial charge in [0.25, 0.3) is 5.91 Å². The van der Waals surface area contributed by atoms with Crippen LogP contribution >= 0.6 is 0 Å². The number of amides is 2. The van der Waals surface area contributed by atoms with E-state index in [1.807, 2.05) is 0 Å². The Kier molecular flexibility index (Phi) is 3.99. The molecule has 2 heterocycles. The fourth-order valence-electron chi connectivity index (χ4n) is 2.06. The first kappa shape index (κ1) is 13.3. The van der Waals surface area contributed by atoms with Crippen molar-refractivity contribution < 1.29 is 14.3 Å². The lowest BCUT2D eigenvalue weighted by atomic mass is 10.2. The maximum Gasteiger partial charge on any atom is 0.254 e. The van der Waals surface area contributed by atoms with E-state index in [0.29, 0.717) is 37.6 Å². The molecule has 1 aliphatic rings. The van der Waals surface area contributed by atoms with E-state index >= 15 is 0 Å². The highest BCUT2D eigenvalue weighted by Gasteiger charge is 2.23. The first-order chi connectivity index (χ1) is 9.11. The van der Waals surface area contributed by atoms with Crippen LogP contribution in [0.1, 0.15) is 17.3 Å². The molecule has 2 rings (SSSR count). The standard InChI is InChI=1S/C13H17N3O3/c1-10(17)15-5-7-16(8-6-15)13(18)11-3-4-14-12(9-11)19-2/h3-4,9H,5-8H2,1-2H3. The van der Waals surface area contributed by atoms with E-state index in [-0.39, 0.29) is 11.8 Å². The van der Waals surface area contributed by atoms with E-state index < -0.39 is 0 Å². The Morgan fingerprint density at radius 2 is 1.84 bits per heavy atom. The molecular formula is C13H17N3O3. The number of hydrogen-bond acceptors (Lipinski definition) is 4. The zero-order valence-corrected chi connectivity index (χ0v) is 11.1. The van der Waals surface area contributed by atoms with Crippen molar-refractivity contribution in [2.45, 2.75) is 6.92 Å². The van der Waals surface area contributed by atoms with Crippen molar-refractivity contribution in [1.82, 2.24) is 14.8 Å². The molecule has 0 spiro atoms. The van der Waals surface area contributed by atoms with E-state index in [1.54, 1.807) is 35.1 Å². The second-order valence-corrected chi connectivity index (χ2v) is 4.39. The van der Waals surface area contributed by atoms with E-state index in [4.69, 9.17) is 4.74 Å². The number of carbonyl (C=O) groups is 2. The summed E-state index contributed by atoms with van der Waals surface area (Å²) in [5, 5.41) is 0. The van der Waals surface area contributed by atoms with Crippen molar-refractivity contribution in [2.24, 2.45) is 0 Å². The van der Waals surface area contributed by atoms with Crippen LogP contribution in [0.4, 0.5) is 0 Å². The molecule has 0 radical (unpaired) electrons. The van der Waals surface area contributed by atoms with Gasteiger partial charge in [0.1, 0.15) is 0 Å². The lowest BCUT2D eigenvalue weighted by Gasteiger charge is -2.34. The van der Waals surface area contributed by atoms with E-state index in [0.717, 1.165) is 0 Å². The minimum atomic E-state index is -0.0519. The van der Waals surface area contributed by atoms with Crippen LogP contribution < -0.4 is 4.74 Å². The molecular weight excluding hydrogens is 246 g/mol. The molecule has 19 heavy (non-hydrogen) atoms. The second-order valence-electron chi connectivity index (χ2n) is 4.39. The lowest BCUT2D eigenvalue weighted by molar-refractivity contribution is -0.130. The number of piperazine rings is 1. The number of ether oxygens (including phenoxy) is 1. The van der Waals surface area contributed by atoms with Gasteiger partial charge in [0.15, 0.2) is 0 Å². The minimum Gasteiger partial charge on any atom is -0.481 e. The van der Waals surface area contributed by atoms with Crippen molar-refractivity contribution in [3.8, 4) is 5.88 Å². The lowest BCUT2D eigenvalue weighted by Crippen LogP contribution is -2.50. The van der Waals surface area contributed by atoms with Gasteiger partial charge in [-0.1, -0.05) is 0 Å². The fourth-order valence-corrected chi connectivity index (χ4v) is 2.06. The number of pyridine rings is 1. The van der Waals surface area contributed by atoms with Gasteiger partial charge in [-0.25, -0.2) is 4.98 Å². The number of nitrogens with zero attached hydrogens (tertiary/aromatic N) is 3. The number of hydrogen-bond donors (Lipinski definition) is 0. The molecule has 0 aliphatic carbocycles. The minimum absolute atomic E-state index is 0.0519. The van der Waals surface area contributed by atoms with E-state index in [2.05, 4.69) is 4.98 Å². The molecule has 0 unspecified atom stereocenters. The van der Waals surface area contributed by atoms with E-state index in [1.165, 1.54) is 7.11 Å². The quantitative estimate of drug-likeness (QED) is 0.774. The predicted molar refractivity (Wildman–Crippen MR) is 68.9 cm³/mol. The average molecular weight is 263 g/mol. The summed E-state index contributed by atoms with van der Waals surface area (Å²) < 4.78 is 5.01. The monoisotopic (exact) mass is 263 g/mol. The van der Waals surface area contributed by atoms with Gasteiger partial charge in [-0.05, 0) is 6.07 Å². The zero-order valence-electron chi connectivity index (χ0n) is 11.1. The molecule has 0 saturated carbocycles. The van der Waals surface area contributed by atoms with Gasteiger partial charge in [-0.3, -0.25) is 9.59 Å². The number of carbonyl (C=O) groups excluding carboxylic acids is 2. The van der Waals surface area contributed by atoms with Crippen molar-refractivity contribution in [3.63, 3.8) is 0 Å². The van der Waals surface area contributed by atoms with Gasteiger partial charge in [-0.15, -0.1) is 0 Å². The Labute approximate surface area is 112 Å². The molecule has 0 atom stereocenters. The Balaban J connectivity index is 2.02. The Morgan fingerprint density at radius 1 is 1.21 bits per heavy atom. The SMILES string of the molecule is COc1cc(C(=O)N2CCN(C(C)=O)CC2)ccn1. The normalized spacial score (nSPS) is 15.3. The third-order valence-electron chi connectivity index (χ3n) is 3.20. The molecule has 1 aromatic heterocycles. The topological polar surface area (TPSA) is 62.7 Å². The average Bonchev–Trinajstić information content (AvgIpc) is 2.46. The molecule has 0 aromatic carbocycles. The van der Waals surface area contributed by atoms with Crippen LogP contribution in [0.15, 0.2) is 18.3 Å². The van der Waals surface area contributed by atoms with Crippen LogP contribution in [0.3, 0.4) is 0 Å². The summed E-state index contributed by atoms with van der Waals surface area (Å²) >= 11 is 0. The second kappa shape index (κ2) is 5.69. The summed E-state index contributed by atoms with van der Waals surface area (Å²) in [7, 11) is 1.52. The number of methoxy groups -OCH3 is 1. The highest BCUT2D eigenvalue weighted by atomic mass is 16.5. The van der Waals surface area contributed by atoms with Crippen LogP contribution in [-0.4, -0.2) is 59.9 Å². The largest absolute Gasteiger partial charge is 0.481 e. The van der Waals surface area contributed by atoms with Crippen LogP contribution in [-0.2, 0) is 4.79 Å². The van der Waals surface area contributed by atoms with Gasteiger partial charge in [0.2, 0.25) is 11.8 Å². The maximum atomic E-state index is 12.3.